The van der Waals surface area contributed by atoms with E-state index in [9.17, 15) is 14.3 Å². The number of nitrogens with one attached hydrogen (secondary N) is 1. The topological polar surface area (TPSA) is 93.3 Å². The fourth-order valence-electron chi connectivity index (χ4n) is 4.94. The molecule has 202 valence electrons. The fraction of sp³-hybridized carbons (Fsp3) is 0.290. The van der Waals surface area contributed by atoms with Gasteiger partial charge in [0.15, 0.2) is 5.76 Å². The number of pyridine rings is 1. The van der Waals surface area contributed by atoms with E-state index in [1.165, 1.54) is 16.7 Å². The van der Waals surface area contributed by atoms with Crippen LogP contribution in [0.5, 0.6) is 11.5 Å². The van der Waals surface area contributed by atoms with Crippen molar-refractivity contribution in [2.75, 3.05) is 0 Å². The van der Waals surface area contributed by atoms with Crippen LogP contribution in [0.1, 0.15) is 49.0 Å². The van der Waals surface area contributed by atoms with Crippen LogP contribution in [0.25, 0.3) is 33.6 Å². The number of imidazole rings is 1. The third-order valence-corrected chi connectivity index (χ3v) is 6.95. The molecule has 7 nitrogen and oxygen atoms in total. The van der Waals surface area contributed by atoms with Crippen molar-refractivity contribution in [3.63, 3.8) is 0 Å². The maximum atomic E-state index is 14.0. The van der Waals surface area contributed by atoms with Gasteiger partial charge in [0, 0.05) is 30.1 Å². The molecule has 0 bridgehead atoms. The molecule has 0 aliphatic heterocycles. The first-order valence-electron chi connectivity index (χ1n) is 12.9. The minimum Gasteiger partial charge on any atom is -0.456 e. The quantitative estimate of drug-likeness (QED) is 0.251. The molecule has 3 heterocycles. The third kappa shape index (κ3) is 4.76. The minimum atomic E-state index is -1.13. The molecule has 2 N–H and O–H groups in total. The minimum absolute atomic E-state index is 0.208. The number of H-pyrrole nitrogens is 1. The van der Waals surface area contributed by atoms with Crippen LogP contribution >= 0.6 is 0 Å². The molecule has 0 saturated heterocycles. The molecule has 0 saturated carbocycles. The number of hydrogen-bond donors (Lipinski definition) is 2. The lowest BCUT2D eigenvalue weighted by Gasteiger charge is -2.21. The Morgan fingerprint density at radius 3 is 2.44 bits per heavy atom. The number of aromatic amines is 1. The maximum absolute atomic E-state index is 14.0. The van der Waals surface area contributed by atoms with Gasteiger partial charge in [-0.2, -0.15) is 0 Å². The van der Waals surface area contributed by atoms with E-state index < -0.39 is 5.60 Å². The van der Waals surface area contributed by atoms with Crippen LogP contribution in [-0.4, -0.2) is 19.6 Å². The molecule has 0 aliphatic rings. The molecule has 0 atom stereocenters. The Kier molecular flexibility index (Phi) is 6.47. The number of hydrogen-bond acceptors (Lipinski definition) is 5. The number of aliphatic hydroxyl groups is 1. The summed E-state index contributed by atoms with van der Waals surface area (Å²) in [6.45, 7) is 10.9. The van der Waals surface area contributed by atoms with E-state index in [0.717, 1.165) is 17.9 Å². The second-order valence-corrected chi connectivity index (χ2v) is 10.6. The van der Waals surface area contributed by atoms with Crippen molar-refractivity contribution in [3.8, 4) is 34.1 Å². The molecule has 5 rings (SSSR count). The summed E-state index contributed by atoms with van der Waals surface area (Å²) in [5.74, 6) is 1.92. The standard InChI is InChI=1S/C31H32FN3O4/c1-8-24-27(34-18(4)33-24)26-14-22-29(39-26)23(15-35(7)30(22)36)21-13-19(31(5,6)37)9-10-25(21)38-28-16(2)11-20(32)12-17(28)3/h9-15,37H,8H2,1-7H3,(H,33,34). The summed E-state index contributed by atoms with van der Waals surface area (Å²) in [5, 5.41) is 11.2. The highest BCUT2D eigenvalue weighted by molar-refractivity contribution is 5.95. The third-order valence-electron chi connectivity index (χ3n) is 6.95. The van der Waals surface area contributed by atoms with Gasteiger partial charge in [-0.1, -0.05) is 13.0 Å². The summed E-state index contributed by atoms with van der Waals surface area (Å²) >= 11 is 0. The number of rotatable bonds is 6. The Balaban J connectivity index is 1.78. The number of furan rings is 1. The molecule has 8 heteroatoms. The zero-order chi connectivity index (χ0) is 28.2. The molecule has 0 aliphatic carbocycles. The summed E-state index contributed by atoms with van der Waals surface area (Å²) in [6.07, 6.45) is 2.43. The zero-order valence-corrected chi connectivity index (χ0v) is 23.2. The van der Waals surface area contributed by atoms with Crippen LogP contribution < -0.4 is 10.3 Å². The summed E-state index contributed by atoms with van der Waals surface area (Å²) < 4.78 is 28.3. The molecule has 5 aromatic rings. The first-order valence-corrected chi connectivity index (χ1v) is 12.9. The van der Waals surface area contributed by atoms with Crippen LogP contribution in [0.4, 0.5) is 4.39 Å². The first-order chi connectivity index (χ1) is 18.4. The fourth-order valence-corrected chi connectivity index (χ4v) is 4.94. The van der Waals surface area contributed by atoms with E-state index in [2.05, 4.69) is 9.97 Å². The van der Waals surface area contributed by atoms with Crippen LogP contribution in [0.15, 0.2) is 51.8 Å². The van der Waals surface area contributed by atoms with Gasteiger partial charge in [-0.05, 0) is 88.1 Å². The molecule has 0 radical (unpaired) electrons. The average Bonchev–Trinajstić information content (AvgIpc) is 3.47. The van der Waals surface area contributed by atoms with E-state index in [0.29, 0.717) is 61.7 Å². The number of nitrogens with zero attached hydrogens (tertiary/aromatic N) is 2. The van der Waals surface area contributed by atoms with Crippen molar-refractivity contribution in [2.45, 2.75) is 53.6 Å². The van der Waals surface area contributed by atoms with Gasteiger partial charge < -0.3 is 23.8 Å². The number of aromatic nitrogens is 3. The second kappa shape index (κ2) is 9.54. The lowest BCUT2D eigenvalue weighted by Crippen LogP contribution is -2.17. The summed E-state index contributed by atoms with van der Waals surface area (Å²) in [7, 11) is 1.68. The summed E-state index contributed by atoms with van der Waals surface area (Å²) in [5.41, 5.74) is 3.82. The Bertz CT molecular complexity index is 1760. The van der Waals surface area contributed by atoms with Gasteiger partial charge in [0.05, 0.1) is 11.0 Å². The van der Waals surface area contributed by atoms with Crippen LogP contribution in [0.2, 0.25) is 0 Å². The number of benzene rings is 2. The number of aryl methyl sites for hydroxylation is 5. The van der Waals surface area contributed by atoms with E-state index in [-0.39, 0.29) is 11.4 Å². The van der Waals surface area contributed by atoms with Gasteiger partial charge in [-0.3, -0.25) is 4.79 Å². The molecule has 0 spiro atoms. The number of ether oxygens (including phenoxy) is 1. The van der Waals surface area contributed by atoms with Gasteiger partial charge in [-0.15, -0.1) is 0 Å². The van der Waals surface area contributed by atoms with Crippen molar-refractivity contribution in [2.24, 2.45) is 7.05 Å². The molecule has 2 aromatic carbocycles. The molecule has 39 heavy (non-hydrogen) atoms. The van der Waals surface area contributed by atoms with Crippen molar-refractivity contribution < 1.29 is 18.7 Å². The Morgan fingerprint density at radius 2 is 1.79 bits per heavy atom. The second-order valence-electron chi connectivity index (χ2n) is 10.6. The Labute approximate surface area is 225 Å². The maximum Gasteiger partial charge on any atom is 0.261 e. The average molecular weight is 530 g/mol. The summed E-state index contributed by atoms with van der Waals surface area (Å²) in [6, 6.07) is 9.98. The molecular weight excluding hydrogens is 497 g/mol. The zero-order valence-electron chi connectivity index (χ0n) is 23.2. The van der Waals surface area contributed by atoms with E-state index in [1.54, 1.807) is 59.1 Å². The van der Waals surface area contributed by atoms with E-state index in [4.69, 9.17) is 9.15 Å². The van der Waals surface area contributed by atoms with E-state index in [1.807, 2.05) is 19.9 Å². The van der Waals surface area contributed by atoms with Crippen molar-refractivity contribution in [1.29, 1.82) is 0 Å². The van der Waals surface area contributed by atoms with Crippen LogP contribution in [0, 0.1) is 26.6 Å². The molecular formula is C31H32FN3O4. The molecule has 0 fully saturated rings. The van der Waals surface area contributed by atoms with Crippen molar-refractivity contribution in [1.82, 2.24) is 14.5 Å². The molecule has 0 unspecified atom stereocenters. The lowest BCUT2D eigenvalue weighted by molar-refractivity contribution is 0.0786. The van der Waals surface area contributed by atoms with Gasteiger partial charge in [0.25, 0.3) is 5.56 Å². The van der Waals surface area contributed by atoms with Crippen LogP contribution in [0.3, 0.4) is 0 Å². The largest absolute Gasteiger partial charge is 0.456 e. The normalized spacial score (nSPS) is 11.9. The predicted molar refractivity (Wildman–Crippen MR) is 150 cm³/mol. The highest BCUT2D eigenvalue weighted by atomic mass is 19.1. The highest BCUT2D eigenvalue weighted by Gasteiger charge is 2.24. The van der Waals surface area contributed by atoms with Crippen molar-refractivity contribution >= 4 is 11.0 Å². The smallest absolute Gasteiger partial charge is 0.261 e. The van der Waals surface area contributed by atoms with Crippen molar-refractivity contribution in [3.05, 3.63) is 87.0 Å². The van der Waals surface area contributed by atoms with Gasteiger partial charge >= 0.3 is 0 Å². The number of fused-ring (bicyclic) bond motifs is 1. The van der Waals surface area contributed by atoms with E-state index >= 15 is 0 Å². The molecule has 3 aromatic heterocycles. The monoisotopic (exact) mass is 529 g/mol. The number of halogens is 1. The first kappa shape index (κ1) is 26.4. The predicted octanol–water partition coefficient (Wildman–Crippen LogP) is 6.84. The van der Waals surface area contributed by atoms with Crippen LogP contribution in [-0.2, 0) is 19.1 Å². The highest BCUT2D eigenvalue weighted by Crippen LogP contribution is 2.42. The summed E-state index contributed by atoms with van der Waals surface area (Å²) in [4.78, 5) is 21.1. The SMILES string of the molecule is CCc1[nH]c(C)nc1-c1cc2c(=O)n(C)cc(-c3cc(C(C)(C)O)ccc3Oc3c(C)cc(F)cc3C)c2o1. The van der Waals surface area contributed by atoms with Gasteiger partial charge in [0.1, 0.15) is 34.4 Å². The van der Waals surface area contributed by atoms with Gasteiger partial charge in [0.2, 0.25) is 0 Å². The van der Waals surface area contributed by atoms with Gasteiger partial charge in [-0.25, -0.2) is 9.37 Å². The Morgan fingerprint density at radius 1 is 1.10 bits per heavy atom. The molecule has 0 amide bonds. The Hall–Kier alpha value is -4.17. The lowest BCUT2D eigenvalue weighted by atomic mass is 9.93.